The molecule has 0 aromatic rings. The highest BCUT2D eigenvalue weighted by Gasteiger charge is 2.34. The lowest BCUT2D eigenvalue weighted by atomic mass is 10.0. The second kappa shape index (κ2) is 3.46. The van der Waals surface area contributed by atoms with Crippen molar-refractivity contribution in [2.24, 2.45) is 0 Å². The molecule has 1 aliphatic rings. The van der Waals surface area contributed by atoms with Gasteiger partial charge in [0.05, 0.1) is 18.8 Å². The fraction of sp³-hybridized carbons (Fsp3) is 1.00. The summed E-state index contributed by atoms with van der Waals surface area (Å²) in [5.74, 6) is 0. The van der Waals surface area contributed by atoms with Crippen molar-refractivity contribution in [3.05, 3.63) is 0 Å². The van der Waals surface area contributed by atoms with E-state index < -0.39 is 24.6 Å². The van der Waals surface area contributed by atoms with Crippen molar-refractivity contribution in [2.75, 3.05) is 6.61 Å². The van der Waals surface area contributed by atoms with Gasteiger partial charge in [-0.3, -0.25) is 0 Å². The first-order valence-corrected chi connectivity index (χ1v) is 3.45. The first kappa shape index (κ1) is 8.89. The summed E-state index contributed by atoms with van der Waals surface area (Å²) in [5, 5.41) is 35.5. The zero-order chi connectivity index (χ0) is 8.43. The summed E-state index contributed by atoms with van der Waals surface area (Å²) in [5.41, 5.74) is 0. The van der Waals surface area contributed by atoms with Gasteiger partial charge in [0, 0.05) is 6.42 Å². The summed E-state index contributed by atoms with van der Waals surface area (Å²) in [7, 11) is 0. The molecular formula is C6H12O5. The molecule has 0 aliphatic carbocycles. The number of hydrogen-bond acceptors (Lipinski definition) is 5. The van der Waals surface area contributed by atoms with E-state index in [1.807, 2.05) is 0 Å². The van der Waals surface area contributed by atoms with Crippen LogP contribution in [0, 0.1) is 0 Å². The Morgan fingerprint density at radius 1 is 1.27 bits per heavy atom. The zero-order valence-corrected chi connectivity index (χ0v) is 5.92. The molecule has 1 saturated heterocycles. The highest BCUT2D eigenvalue weighted by atomic mass is 16.6. The van der Waals surface area contributed by atoms with Crippen LogP contribution in [0.1, 0.15) is 6.42 Å². The maximum atomic E-state index is 9.05. The van der Waals surface area contributed by atoms with E-state index in [1.165, 1.54) is 0 Å². The number of aliphatic hydroxyl groups excluding tert-OH is 4. The van der Waals surface area contributed by atoms with Crippen molar-refractivity contribution in [3.63, 3.8) is 0 Å². The third-order valence-corrected chi connectivity index (χ3v) is 1.73. The molecule has 0 aromatic heterocycles. The van der Waals surface area contributed by atoms with E-state index in [4.69, 9.17) is 25.2 Å². The molecule has 0 aromatic carbocycles. The fourth-order valence-electron chi connectivity index (χ4n) is 1.05. The lowest BCUT2D eigenvalue weighted by molar-refractivity contribution is -0.251. The summed E-state index contributed by atoms with van der Waals surface area (Å²) in [4.78, 5) is 0. The van der Waals surface area contributed by atoms with Crippen molar-refractivity contribution in [1.82, 2.24) is 0 Å². The Morgan fingerprint density at radius 3 is 2.36 bits per heavy atom. The minimum absolute atomic E-state index is 0.148. The van der Waals surface area contributed by atoms with E-state index in [9.17, 15) is 0 Å². The van der Waals surface area contributed by atoms with Crippen molar-refractivity contribution in [2.45, 2.75) is 31.0 Å². The Kier molecular flexibility index (Phi) is 2.80. The summed E-state index contributed by atoms with van der Waals surface area (Å²) in [6.07, 6.45) is -4.11. The van der Waals surface area contributed by atoms with Crippen LogP contribution in [-0.2, 0) is 4.74 Å². The first-order valence-electron chi connectivity index (χ1n) is 3.45. The van der Waals surface area contributed by atoms with Crippen LogP contribution in [0.3, 0.4) is 0 Å². The predicted octanol–water partition coefficient (Wildman–Crippen LogP) is -2.19. The Morgan fingerprint density at radius 2 is 1.91 bits per heavy atom. The normalized spacial score (nSPS) is 45.8. The Bertz CT molecular complexity index is 116. The number of hydrogen-bond donors (Lipinski definition) is 4. The van der Waals surface area contributed by atoms with Crippen LogP contribution in [0.2, 0.25) is 0 Å². The molecule has 0 bridgehead atoms. The zero-order valence-electron chi connectivity index (χ0n) is 5.92. The molecule has 1 heterocycles. The number of aliphatic hydroxyl groups is 4. The Labute approximate surface area is 63.8 Å². The van der Waals surface area contributed by atoms with Crippen molar-refractivity contribution < 1.29 is 25.2 Å². The Balaban J connectivity index is 2.47. The van der Waals surface area contributed by atoms with Gasteiger partial charge in [-0.1, -0.05) is 0 Å². The van der Waals surface area contributed by atoms with Crippen molar-refractivity contribution >= 4 is 0 Å². The largest absolute Gasteiger partial charge is 0.394 e. The molecule has 0 radical (unpaired) electrons. The minimum atomic E-state index is -1.39. The summed E-state index contributed by atoms with van der Waals surface area (Å²) < 4.78 is 4.71. The maximum absolute atomic E-state index is 9.05. The maximum Gasteiger partial charge on any atom is 0.183 e. The van der Waals surface area contributed by atoms with Gasteiger partial charge >= 0.3 is 0 Å². The van der Waals surface area contributed by atoms with Gasteiger partial charge in [-0.15, -0.1) is 0 Å². The lowest BCUT2D eigenvalue weighted by Crippen LogP contribution is -2.49. The number of ether oxygens (including phenoxy) is 1. The van der Waals surface area contributed by atoms with Gasteiger partial charge in [0.1, 0.15) is 6.10 Å². The molecule has 2 unspecified atom stereocenters. The van der Waals surface area contributed by atoms with E-state index in [0.29, 0.717) is 0 Å². The van der Waals surface area contributed by atoms with Gasteiger partial charge in [-0.05, 0) is 0 Å². The van der Waals surface area contributed by atoms with Crippen LogP contribution in [0.5, 0.6) is 0 Å². The second-order valence-electron chi connectivity index (χ2n) is 2.62. The molecule has 66 valence electrons. The van der Waals surface area contributed by atoms with Gasteiger partial charge in [-0.25, -0.2) is 0 Å². The molecule has 1 aliphatic heterocycles. The molecule has 5 heteroatoms. The van der Waals surface area contributed by atoms with Crippen LogP contribution in [-0.4, -0.2) is 51.6 Å². The van der Waals surface area contributed by atoms with Gasteiger partial charge in [0.2, 0.25) is 0 Å². The molecule has 1 rings (SSSR count). The summed E-state index contributed by atoms with van der Waals surface area (Å²) >= 11 is 0. The molecule has 0 spiro atoms. The average molecular weight is 164 g/mol. The average Bonchev–Trinajstić information content (AvgIpc) is 1.99. The monoisotopic (exact) mass is 164 g/mol. The predicted molar refractivity (Wildman–Crippen MR) is 34.6 cm³/mol. The molecule has 4 N–H and O–H groups in total. The van der Waals surface area contributed by atoms with Gasteiger partial charge < -0.3 is 25.2 Å². The topological polar surface area (TPSA) is 90.2 Å². The van der Waals surface area contributed by atoms with Gasteiger partial charge in [0.25, 0.3) is 0 Å². The van der Waals surface area contributed by atoms with Crippen LogP contribution in [0.25, 0.3) is 0 Å². The third-order valence-electron chi connectivity index (χ3n) is 1.73. The molecule has 4 atom stereocenters. The van der Waals surface area contributed by atoms with Gasteiger partial charge in [0.15, 0.2) is 6.29 Å². The quantitative estimate of drug-likeness (QED) is 0.353. The van der Waals surface area contributed by atoms with E-state index in [2.05, 4.69) is 0 Å². The van der Waals surface area contributed by atoms with E-state index in [0.717, 1.165) is 0 Å². The molecule has 0 amide bonds. The Hall–Kier alpha value is -0.200. The van der Waals surface area contributed by atoms with Crippen LogP contribution in [0.15, 0.2) is 0 Å². The number of rotatable bonds is 1. The molecule has 1 fully saturated rings. The van der Waals surface area contributed by atoms with Crippen LogP contribution in [0.4, 0.5) is 0 Å². The first-order chi connectivity index (χ1) is 5.15. The molecule has 11 heavy (non-hydrogen) atoms. The molecule has 0 saturated carbocycles. The van der Waals surface area contributed by atoms with Crippen LogP contribution < -0.4 is 0 Å². The standard InChI is InChI=1S/C6H12O5/c7-2-3-1-4(8)5(9)6(10)11-3/h3-10H,1-2H2/t3?,4-,5-,6?/m0/s1. The lowest BCUT2D eigenvalue weighted by Gasteiger charge is -2.33. The third kappa shape index (κ3) is 1.88. The highest BCUT2D eigenvalue weighted by molar-refractivity contribution is 4.79. The minimum Gasteiger partial charge on any atom is -0.394 e. The van der Waals surface area contributed by atoms with Crippen molar-refractivity contribution in [3.8, 4) is 0 Å². The summed E-state index contributed by atoms with van der Waals surface area (Å²) in [6.45, 7) is -0.263. The second-order valence-corrected chi connectivity index (χ2v) is 2.62. The van der Waals surface area contributed by atoms with E-state index in [1.54, 1.807) is 0 Å². The van der Waals surface area contributed by atoms with Crippen LogP contribution >= 0.6 is 0 Å². The van der Waals surface area contributed by atoms with Gasteiger partial charge in [-0.2, -0.15) is 0 Å². The van der Waals surface area contributed by atoms with E-state index >= 15 is 0 Å². The fourth-order valence-corrected chi connectivity index (χ4v) is 1.05. The van der Waals surface area contributed by atoms with E-state index in [-0.39, 0.29) is 13.0 Å². The summed E-state index contributed by atoms with van der Waals surface area (Å²) in [6, 6.07) is 0. The molecule has 5 nitrogen and oxygen atoms in total. The molecular weight excluding hydrogens is 152 g/mol. The van der Waals surface area contributed by atoms with Crippen molar-refractivity contribution in [1.29, 1.82) is 0 Å². The highest BCUT2D eigenvalue weighted by Crippen LogP contribution is 2.17. The smallest absolute Gasteiger partial charge is 0.183 e. The SMILES string of the molecule is OCC1C[C@H](O)[C@H](O)C(O)O1.